The molecule has 0 saturated carbocycles. The zero-order valence-corrected chi connectivity index (χ0v) is 5.97. The molecule has 0 aromatic heterocycles. The van der Waals surface area contributed by atoms with Crippen molar-refractivity contribution in [1.82, 2.24) is 0 Å². The molecule has 1 aliphatic rings. The Morgan fingerprint density at radius 3 is 2.78 bits per heavy atom. The quantitative estimate of drug-likeness (QED) is 0.415. The summed E-state index contributed by atoms with van der Waals surface area (Å²) in [5.41, 5.74) is 0. The summed E-state index contributed by atoms with van der Waals surface area (Å²) in [5, 5.41) is 0. The summed E-state index contributed by atoms with van der Waals surface area (Å²) >= 11 is 0. The molecule has 0 aromatic rings. The normalized spacial score (nSPS) is 32.1. The average molecular weight is 126 g/mol. The van der Waals surface area contributed by atoms with E-state index in [9.17, 15) is 0 Å². The van der Waals surface area contributed by atoms with E-state index >= 15 is 0 Å². The van der Waals surface area contributed by atoms with E-state index in [0.717, 1.165) is 6.42 Å². The summed E-state index contributed by atoms with van der Waals surface area (Å²) in [4.78, 5) is 0. The van der Waals surface area contributed by atoms with Crippen molar-refractivity contribution in [3.05, 3.63) is 12.7 Å². The van der Waals surface area contributed by atoms with Crippen LogP contribution in [0.25, 0.3) is 0 Å². The number of allylic oxidation sites excluding steroid dienone is 1. The third-order valence-corrected chi connectivity index (χ3v) is 1.75. The third kappa shape index (κ3) is 1.83. The summed E-state index contributed by atoms with van der Waals surface area (Å²) in [6, 6.07) is 0. The Kier molecular flexibility index (Phi) is 2.29. The zero-order valence-electron chi connectivity index (χ0n) is 5.97. The van der Waals surface area contributed by atoms with E-state index in [4.69, 9.17) is 4.74 Å². The second kappa shape index (κ2) is 3.02. The topological polar surface area (TPSA) is 12.5 Å². The molecule has 2 atom stereocenters. The highest BCUT2D eigenvalue weighted by Gasteiger charge is 2.35. The van der Waals surface area contributed by atoms with Crippen molar-refractivity contribution in [2.45, 2.75) is 38.4 Å². The van der Waals surface area contributed by atoms with Crippen LogP contribution in [0.2, 0.25) is 0 Å². The number of rotatable bonds is 4. The Morgan fingerprint density at radius 2 is 2.33 bits per heavy atom. The molecular formula is C8H14O. The number of hydrogen-bond acceptors (Lipinski definition) is 1. The summed E-state index contributed by atoms with van der Waals surface area (Å²) in [6.45, 7) is 5.82. The monoisotopic (exact) mass is 126 g/mol. The van der Waals surface area contributed by atoms with Gasteiger partial charge in [-0.25, -0.2) is 0 Å². The highest BCUT2D eigenvalue weighted by Crippen LogP contribution is 2.28. The lowest BCUT2D eigenvalue weighted by molar-refractivity contribution is 0.360. The molecular weight excluding hydrogens is 112 g/mol. The fraction of sp³-hybridized carbons (Fsp3) is 0.750. The van der Waals surface area contributed by atoms with Crippen LogP contribution in [0.15, 0.2) is 12.7 Å². The first-order valence-corrected chi connectivity index (χ1v) is 3.64. The Morgan fingerprint density at radius 1 is 1.56 bits per heavy atom. The van der Waals surface area contributed by atoms with Crippen molar-refractivity contribution in [3.8, 4) is 0 Å². The zero-order chi connectivity index (χ0) is 6.69. The van der Waals surface area contributed by atoms with Crippen LogP contribution in [-0.4, -0.2) is 12.2 Å². The molecule has 9 heavy (non-hydrogen) atoms. The van der Waals surface area contributed by atoms with Gasteiger partial charge in [-0.3, -0.25) is 0 Å². The highest BCUT2D eigenvalue weighted by molar-refractivity contribution is 4.85. The molecule has 2 unspecified atom stereocenters. The predicted octanol–water partition coefficient (Wildman–Crippen LogP) is 2.13. The van der Waals surface area contributed by atoms with Gasteiger partial charge in [-0.15, -0.1) is 6.58 Å². The summed E-state index contributed by atoms with van der Waals surface area (Å²) in [5.74, 6) is 0. The van der Waals surface area contributed by atoms with Gasteiger partial charge in [0.05, 0.1) is 12.2 Å². The molecule has 1 saturated heterocycles. The molecule has 1 aliphatic heterocycles. The van der Waals surface area contributed by atoms with Crippen LogP contribution in [0.1, 0.15) is 26.2 Å². The molecule has 1 nitrogen and oxygen atoms in total. The Labute approximate surface area is 56.7 Å². The van der Waals surface area contributed by atoms with Gasteiger partial charge in [-0.2, -0.15) is 0 Å². The van der Waals surface area contributed by atoms with E-state index < -0.39 is 0 Å². The second-order valence-electron chi connectivity index (χ2n) is 2.49. The lowest BCUT2D eigenvalue weighted by Crippen LogP contribution is -1.89. The van der Waals surface area contributed by atoms with Crippen LogP contribution in [0.3, 0.4) is 0 Å². The Bertz CT molecular complexity index is 98.7. The van der Waals surface area contributed by atoms with Crippen LogP contribution in [-0.2, 0) is 4.74 Å². The number of hydrogen-bond donors (Lipinski definition) is 0. The van der Waals surface area contributed by atoms with Crippen molar-refractivity contribution in [2.75, 3.05) is 0 Å². The van der Waals surface area contributed by atoms with Gasteiger partial charge < -0.3 is 4.74 Å². The van der Waals surface area contributed by atoms with Gasteiger partial charge >= 0.3 is 0 Å². The standard InChI is InChI=1S/C8H14O/c1-3-5-6-8-7(4-2)9-8/h3,7-8H,1,4-6H2,2H3. The van der Waals surface area contributed by atoms with Gasteiger partial charge in [0.25, 0.3) is 0 Å². The Hall–Kier alpha value is -0.300. The van der Waals surface area contributed by atoms with Gasteiger partial charge in [0.15, 0.2) is 0 Å². The molecule has 1 heteroatoms. The van der Waals surface area contributed by atoms with E-state index in [1.54, 1.807) is 0 Å². The summed E-state index contributed by atoms with van der Waals surface area (Å²) in [6.07, 6.45) is 6.53. The van der Waals surface area contributed by atoms with E-state index in [0.29, 0.717) is 12.2 Å². The Balaban J connectivity index is 1.98. The first-order valence-electron chi connectivity index (χ1n) is 3.64. The molecule has 0 spiro atoms. The summed E-state index contributed by atoms with van der Waals surface area (Å²) < 4.78 is 5.32. The van der Waals surface area contributed by atoms with Gasteiger partial charge in [0.1, 0.15) is 0 Å². The van der Waals surface area contributed by atoms with Crippen molar-refractivity contribution >= 4 is 0 Å². The predicted molar refractivity (Wildman–Crippen MR) is 38.4 cm³/mol. The third-order valence-electron chi connectivity index (χ3n) is 1.75. The fourth-order valence-electron chi connectivity index (χ4n) is 1.07. The smallest absolute Gasteiger partial charge is 0.0844 e. The molecule has 52 valence electrons. The maximum absolute atomic E-state index is 5.32. The fourth-order valence-corrected chi connectivity index (χ4v) is 1.07. The highest BCUT2D eigenvalue weighted by atomic mass is 16.6. The van der Waals surface area contributed by atoms with Crippen molar-refractivity contribution < 1.29 is 4.74 Å². The minimum Gasteiger partial charge on any atom is -0.370 e. The molecule has 0 aliphatic carbocycles. The van der Waals surface area contributed by atoms with Crippen LogP contribution in [0.5, 0.6) is 0 Å². The second-order valence-corrected chi connectivity index (χ2v) is 2.49. The maximum Gasteiger partial charge on any atom is 0.0844 e. The molecule has 0 aromatic carbocycles. The molecule has 1 heterocycles. The molecule has 0 N–H and O–H groups in total. The molecule has 0 bridgehead atoms. The minimum absolute atomic E-state index is 0.563. The van der Waals surface area contributed by atoms with E-state index in [-0.39, 0.29) is 0 Å². The van der Waals surface area contributed by atoms with Crippen LogP contribution >= 0.6 is 0 Å². The van der Waals surface area contributed by atoms with E-state index in [2.05, 4.69) is 13.5 Å². The van der Waals surface area contributed by atoms with E-state index in [1.807, 2.05) is 6.08 Å². The lowest BCUT2D eigenvalue weighted by Gasteiger charge is -1.85. The largest absolute Gasteiger partial charge is 0.370 e. The van der Waals surface area contributed by atoms with E-state index in [1.165, 1.54) is 12.8 Å². The van der Waals surface area contributed by atoms with Crippen LogP contribution in [0, 0.1) is 0 Å². The minimum atomic E-state index is 0.563. The van der Waals surface area contributed by atoms with Crippen LogP contribution < -0.4 is 0 Å². The van der Waals surface area contributed by atoms with Crippen molar-refractivity contribution in [1.29, 1.82) is 0 Å². The molecule has 0 amide bonds. The lowest BCUT2D eigenvalue weighted by atomic mass is 10.2. The molecule has 0 radical (unpaired) electrons. The van der Waals surface area contributed by atoms with Gasteiger partial charge in [0.2, 0.25) is 0 Å². The molecule has 1 rings (SSSR count). The SMILES string of the molecule is C=CCCC1OC1CC. The van der Waals surface area contributed by atoms with Gasteiger partial charge in [-0.1, -0.05) is 13.0 Å². The molecule has 1 fully saturated rings. The summed E-state index contributed by atoms with van der Waals surface area (Å²) in [7, 11) is 0. The van der Waals surface area contributed by atoms with Gasteiger partial charge in [-0.05, 0) is 19.3 Å². The first-order chi connectivity index (χ1) is 4.38. The first kappa shape index (κ1) is 6.81. The van der Waals surface area contributed by atoms with Crippen molar-refractivity contribution in [2.24, 2.45) is 0 Å². The maximum atomic E-state index is 5.32. The number of epoxide rings is 1. The average Bonchev–Trinajstić information content (AvgIpc) is 2.62. The van der Waals surface area contributed by atoms with Crippen molar-refractivity contribution in [3.63, 3.8) is 0 Å². The van der Waals surface area contributed by atoms with Gasteiger partial charge in [0, 0.05) is 0 Å². The van der Waals surface area contributed by atoms with Crippen LogP contribution in [0.4, 0.5) is 0 Å². The number of ether oxygens (including phenoxy) is 1.